The number of hydrogen-bond acceptors (Lipinski definition) is 4. The zero-order valence-electron chi connectivity index (χ0n) is 20.1. The van der Waals surface area contributed by atoms with Crippen LogP contribution in [-0.2, 0) is 5.41 Å². The Morgan fingerprint density at radius 1 is 0.629 bits per heavy atom. The molecule has 6 rings (SSSR count). The number of rotatable bonds is 3. The molecule has 0 fully saturated rings. The fourth-order valence-electron chi connectivity index (χ4n) is 5.03. The third kappa shape index (κ3) is 3.58. The number of aryl methyl sites for hydroxylation is 1. The molecule has 5 aromatic rings. The molecule has 0 spiro atoms. The van der Waals surface area contributed by atoms with Gasteiger partial charge in [0.25, 0.3) is 0 Å². The molecule has 4 nitrogen and oxygen atoms in total. The van der Waals surface area contributed by atoms with E-state index in [1.807, 2.05) is 24.4 Å². The fourth-order valence-corrected chi connectivity index (χ4v) is 5.03. The molecule has 170 valence electrons. The van der Waals surface area contributed by atoms with Gasteiger partial charge in [-0.1, -0.05) is 43.7 Å². The average Bonchev–Trinajstić information content (AvgIpc) is 2.90. The first-order chi connectivity index (χ1) is 17.0. The molecule has 0 saturated heterocycles. The molecule has 0 unspecified atom stereocenters. The predicted octanol–water partition coefficient (Wildman–Crippen LogP) is 7.62. The van der Waals surface area contributed by atoms with E-state index in [9.17, 15) is 0 Å². The van der Waals surface area contributed by atoms with Crippen LogP contribution in [-0.4, -0.2) is 15.0 Å². The van der Waals surface area contributed by atoms with Crippen LogP contribution in [0.4, 0.5) is 17.1 Å². The van der Waals surface area contributed by atoms with Gasteiger partial charge in [-0.2, -0.15) is 0 Å². The van der Waals surface area contributed by atoms with E-state index in [1.165, 1.54) is 28.1 Å². The standard InChI is InChI=1S/C31H26N4/c1-21-8-14-28-25(19-21)31(2,3)26-20-23(27-7-4-5-16-32-27)11-15-29(26)35(28)24-12-9-22(10-13-24)30-33-17-6-18-34-30/h4-20H,1-3H3. The molecule has 0 radical (unpaired) electrons. The molecular formula is C31H26N4. The van der Waals surface area contributed by atoms with Crippen LogP contribution in [0, 0.1) is 6.92 Å². The number of pyridine rings is 1. The Kier molecular flexibility index (Phi) is 4.96. The van der Waals surface area contributed by atoms with Gasteiger partial charge < -0.3 is 4.90 Å². The zero-order chi connectivity index (χ0) is 24.0. The highest BCUT2D eigenvalue weighted by atomic mass is 15.2. The largest absolute Gasteiger partial charge is 0.310 e. The van der Waals surface area contributed by atoms with E-state index in [1.54, 1.807) is 12.4 Å². The number of benzene rings is 3. The van der Waals surface area contributed by atoms with Crippen LogP contribution < -0.4 is 4.90 Å². The van der Waals surface area contributed by atoms with E-state index >= 15 is 0 Å². The summed E-state index contributed by atoms with van der Waals surface area (Å²) in [4.78, 5) is 15.8. The van der Waals surface area contributed by atoms with Gasteiger partial charge in [0.2, 0.25) is 0 Å². The van der Waals surface area contributed by atoms with E-state index in [2.05, 4.69) is 107 Å². The Hall–Kier alpha value is -4.31. The molecule has 35 heavy (non-hydrogen) atoms. The molecular weight excluding hydrogens is 428 g/mol. The van der Waals surface area contributed by atoms with Gasteiger partial charge in [0.15, 0.2) is 5.82 Å². The Bertz CT molecular complexity index is 1510. The second kappa shape index (κ2) is 8.17. The van der Waals surface area contributed by atoms with Crippen molar-refractivity contribution in [3.63, 3.8) is 0 Å². The first kappa shape index (κ1) is 21.2. The summed E-state index contributed by atoms with van der Waals surface area (Å²) in [5.74, 6) is 0.732. The third-order valence-electron chi connectivity index (χ3n) is 6.89. The number of nitrogens with zero attached hydrogens (tertiary/aromatic N) is 4. The SMILES string of the molecule is Cc1ccc2c(c1)C(C)(C)c1cc(-c3ccccn3)ccc1N2c1ccc(-c2ncccn2)cc1. The van der Waals surface area contributed by atoms with Gasteiger partial charge in [-0.15, -0.1) is 0 Å². The highest BCUT2D eigenvalue weighted by molar-refractivity contribution is 5.87. The van der Waals surface area contributed by atoms with E-state index < -0.39 is 0 Å². The predicted molar refractivity (Wildman–Crippen MR) is 142 cm³/mol. The lowest BCUT2D eigenvalue weighted by Gasteiger charge is -2.42. The summed E-state index contributed by atoms with van der Waals surface area (Å²) >= 11 is 0. The minimum atomic E-state index is -0.157. The number of fused-ring (bicyclic) bond motifs is 2. The minimum Gasteiger partial charge on any atom is -0.310 e. The summed E-state index contributed by atoms with van der Waals surface area (Å²) in [6, 6.07) is 29.9. The third-order valence-corrected chi connectivity index (χ3v) is 6.89. The van der Waals surface area contributed by atoms with Gasteiger partial charge >= 0.3 is 0 Å². The van der Waals surface area contributed by atoms with Crippen LogP contribution in [0.5, 0.6) is 0 Å². The molecule has 0 aliphatic carbocycles. The molecule has 1 aliphatic rings. The Morgan fingerprint density at radius 3 is 2.00 bits per heavy atom. The van der Waals surface area contributed by atoms with Crippen LogP contribution in [0.1, 0.15) is 30.5 Å². The topological polar surface area (TPSA) is 41.9 Å². The molecule has 1 aliphatic heterocycles. The first-order valence-corrected chi connectivity index (χ1v) is 11.9. The van der Waals surface area contributed by atoms with Gasteiger partial charge in [0.1, 0.15) is 0 Å². The van der Waals surface area contributed by atoms with Crippen LogP contribution in [0.2, 0.25) is 0 Å². The molecule has 3 heterocycles. The summed E-state index contributed by atoms with van der Waals surface area (Å²) in [6.45, 7) is 6.80. The van der Waals surface area contributed by atoms with Gasteiger partial charge in [0.05, 0.1) is 17.1 Å². The first-order valence-electron chi connectivity index (χ1n) is 11.9. The van der Waals surface area contributed by atoms with Crippen molar-refractivity contribution in [2.75, 3.05) is 4.90 Å². The average molecular weight is 455 g/mol. The fraction of sp³-hybridized carbons (Fsp3) is 0.129. The van der Waals surface area contributed by atoms with Crippen molar-refractivity contribution in [3.8, 4) is 22.6 Å². The van der Waals surface area contributed by atoms with Crippen molar-refractivity contribution in [3.05, 3.63) is 120 Å². The molecule has 2 aromatic heterocycles. The molecule has 0 amide bonds. The molecule has 4 heteroatoms. The number of aromatic nitrogens is 3. The number of hydrogen-bond donors (Lipinski definition) is 0. The normalized spacial score (nSPS) is 13.7. The summed E-state index contributed by atoms with van der Waals surface area (Å²) in [5.41, 5.74) is 10.3. The van der Waals surface area contributed by atoms with Crippen LogP contribution in [0.3, 0.4) is 0 Å². The summed E-state index contributed by atoms with van der Waals surface area (Å²) in [7, 11) is 0. The van der Waals surface area contributed by atoms with E-state index in [0.29, 0.717) is 0 Å². The molecule has 0 saturated carbocycles. The lowest BCUT2D eigenvalue weighted by atomic mass is 9.72. The van der Waals surface area contributed by atoms with Gasteiger partial charge in [0, 0.05) is 40.8 Å². The molecule has 0 bridgehead atoms. The van der Waals surface area contributed by atoms with Crippen LogP contribution in [0.15, 0.2) is 104 Å². The maximum Gasteiger partial charge on any atom is 0.159 e. The van der Waals surface area contributed by atoms with Crippen molar-refractivity contribution in [2.45, 2.75) is 26.2 Å². The Balaban J connectivity index is 1.53. The highest BCUT2D eigenvalue weighted by Crippen LogP contribution is 2.52. The van der Waals surface area contributed by atoms with Crippen molar-refractivity contribution in [2.24, 2.45) is 0 Å². The highest BCUT2D eigenvalue weighted by Gasteiger charge is 2.37. The monoisotopic (exact) mass is 454 g/mol. The van der Waals surface area contributed by atoms with E-state index in [-0.39, 0.29) is 5.41 Å². The van der Waals surface area contributed by atoms with Crippen molar-refractivity contribution in [1.82, 2.24) is 15.0 Å². The maximum atomic E-state index is 4.59. The summed E-state index contributed by atoms with van der Waals surface area (Å²) in [5, 5.41) is 0. The van der Waals surface area contributed by atoms with Crippen molar-refractivity contribution >= 4 is 17.1 Å². The van der Waals surface area contributed by atoms with Gasteiger partial charge in [-0.3, -0.25) is 4.98 Å². The van der Waals surface area contributed by atoms with Gasteiger partial charge in [-0.05, 0) is 78.7 Å². The van der Waals surface area contributed by atoms with Crippen molar-refractivity contribution < 1.29 is 0 Å². The van der Waals surface area contributed by atoms with Gasteiger partial charge in [-0.25, -0.2) is 9.97 Å². The summed E-state index contributed by atoms with van der Waals surface area (Å²) in [6.07, 6.45) is 5.40. The Morgan fingerprint density at radius 2 is 1.29 bits per heavy atom. The summed E-state index contributed by atoms with van der Waals surface area (Å²) < 4.78 is 0. The zero-order valence-corrected chi connectivity index (χ0v) is 20.1. The molecule has 0 atom stereocenters. The lowest BCUT2D eigenvalue weighted by Crippen LogP contribution is -2.30. The molecule has 3 aromatic carbocycles. The van der Waals surface area contributed by atoms with E-state index in [4.69, 9.17) is 0 Å². The van der Waals surface area contributed by atoms with Crippen molar-refractivity contribution in [1.29, 1.82) is 0 Å². The lowest BCUT2D eigenvalue weighted by molar-refractivity contribution is 0.631. The smallest absolute Gasteiger partial charge is 0.159 e. The second-order valence-electron chi connectivity index (χ2n) is 9.55. The van der Waals surface area contributed by atoms with Crippen LogP contribution in [0.25, 0.3) is 22.6 Å². The second-order valence-corrected chi connectivity index (χ2v) is 9.55. The maximum absolute atomic E-state index is 4.59. The quantitative estimate of drug-likeness (QED) is 0.281. The van der Waals surface area contributed by atoms with Crippen LogP contribution >= 0.6 is 0 Å². The minimum absolute atomic E-state index is 0.157. The van der Waals surface area contributed by atoms with E-state index in [0.717, 1.165) is 28.3 Å². The Labute approximate surface area is 206 Å². The number of anilines is 3. The molecule has 0 N–H and O–H groups in total.